The summed E-state index contributed by atoms with van der Waals surface area (Å²) in [6.07, 6.45) is 0. The molecule has 5 nitrogen and oxygen atoms in total. The van der Waals surface area contributed by atoms with E-state index in [1.165, 1.54) is 11.3 Å². The first-order valence-corrected chi connectivity index (χ1v) is 5.62. The molecule has 0 atom stereocenters. The van der Waals surface area contributed by atoms with Crippen molar-refractivity contribution in [2.75, 3.05) is 13.2 Å². The highest BCUT2D eigenvalue weighted by molar-refractivity contribution is 7.13. The number of ether oxygens (including phenoxy) is 2. The lowest BCUT2D eigenvalue weighted by molar-refractivity contribution is -0.0163. The molecule has 1 aromatic heterocycles. The lowest BCUT2D eigenvalue weighted by atomic mass is 10.2. The van der Waals surface area contributed by atoms with Crippen LogP contribution in [0.2, 0.25) is 0 Å². The SMILES string of the molecule is CC(C)(C)OCCOc1nnc(CN)s1. The Hall–Kier alpha value is -0.720. The topological polar surface area (TPSA) is 70.3 Å². The fraction of sp³-hybridized carbons (Fsp3) is 0.778. The second kappa shape index (κ2) is 5.39. The molecule has 0 unspecified atom stereocenters. The zero-order valence-corrected chi connectivity index (χ0v) is 10.1. The fourth-order valence-electron chi connectivity index (χ4n) is 0.856. The minimum atomic E-state index is -0.132. The van der Waals surface area contributed by atoms with Gasteiger partial charge in [-0.15, -0.1) is 10.2 Å². The molecule has 1 heterocycles. The van der Waals surface area contributed by atoms with E-state index < -0.39 is 0 Å². The summed E-state index contributed by atoms with van der Waals surface area (Å²) in [7, 11) is 0. The third-order valence-corrected chi connectivity index (χ3v) is 2.32. The maximum Gasteiger partial charge on any atom is 0.294 e. The largest absolute Gasteiger partial charge is 0.466 e. The number of nitrogens with two attached hydrogens (primary N) is 1. The van der Waals surface area contributed by atoms with E-state index in [0.29, 0.717) is 25.0 Å². The van der Waals surface area contributed by atoms with Crippen LogP contribution < -0.4 is 10.5 Å². The van der Waals surface area contributed by atoms with E-state index in [1.807, 2.05) is 20.8 Å². The second-order valence-electron chi connectivity index (χ2n) is 3.98. The third-order valence-electron chi connectivity index (χ3n) is 1.47. The molecule has 0 aromatic carbocycles. The summed E-state index contributed by atoms with van der Waals surface area (Å²) < 4.78 is 10.8. The van der Waals surface area contributed by atoms with Gasteiger partial charge in [0, 0.05) is 6.54 Å². The Balaban J connectivity index is 2.20. The van der Waals surface area contributed by atoms with Crippen molar-refractivity contribution < 1.29 is 9.47 Å². The molecule has 0 fully saturated rings. The van der Waals surface area contributed by atoms with E-state index in [-0.39, 0.29) is 5.60 Å². The molecule has 1 aromatic rings. The smallest absolute Gasteiger partial charge is 0.294 e. The van der Waals surface area contributed by atoms with Gasteiger partial charge < -0.3 is 15.2 Å². The summed E-state index contributed by atoms with van der Waals surface area (Å²) in [5, 5.41) is 9.00. The van der Waals surface area contributed by atoms with Gasteiger partial charge in [0.15, 0.2) is 0 Å². The first-order valence-electron chi connectivity index (χ1n) is 4.80. The van der Waals surface area contributed by atoms with Crippen LogP contribution in [0.4, 0.5) is 0 Å². The van der Waals surface area contributed by atoms with Crippen LogP contribution in [0.3, 0.4) is 0 Å². The molecule has 2 N–H and O–H groups in total. The van der Waals surface area contributed by atoms with Crippen molar-refractivity contribution in [1.82, 2.24) is 10.2 Å². The van der Waals surface area contributed by atoms with Crippen LogP contribution in [0.5, 0.6) is 5.19 Å². The third kappa shape index (κ3) is 5.06. The highest BCUT2D eigenvalue weighted by atomic mass is 32.1. The maximum atomic E-state index is 5.49. The van der Waals surface area contributed by atoms with Crippen molar-refractivity contribution in [3.63, 3.8) is 0 Å². The lowest BCUT2D eigenvalue weighted by Crippen LogP contribution is -2.22. The molecule has 0 aliphatic carbocycles. The molecular weight excluding hydrogens is 214 g/mol. The van der Waals surface area contributed by atoms with Crippen LogP contribution in [-0.4, -0.2) is 29.0 Å². The van der Waals surface area contributed by atoms with Gasteiger partial charge in [-0.2, -0.15) is 0 Å². The van der Waals surface area contributed by atoms with E-state index in [1.54, 1.807) is 0 Å². The molecule has 0 spiro atoms. The molecule has 0 aliphatic heterocycles. The van der Waals surface area contributed by atoms with Gasteiger partial charge in [0.25, 0.3) is 5.19 Å². The average Bonchev–Trinajstić information content (AvgIpc) is 2.59. The summed E-state index contributed by atoms with van der Waals surface area (Å²) >= 11 is 1.37. The van der Waals surface area contributed by atoms with Crippen LogP contribution in [0.25, 0.3) is 0 Å². The van der Waals surface area contributed by atoms with Crippen molar-refractivity contribution in [1.29, 1.82) is 0 Å². The molecule has 6 heteroatoms. The summed E-state index contributed by atoms with van der Waals surface area (Å²) in [5.74, 6) is 0. The van der Waals surface area contributed by atoms with Crippen molar-refractivity contribution in [2.24, 2.45) is 5.73 Å². The zero-order valence-electron chi connectivity index (χ0n) is 9.32. The first kappa shape index (κ1) is 12.4. The van der Waals surface area contributed by atoms with Crippen molar-refractivity contribution >= 4 is 11.3 Å². The monoisotopic (exact) mass is 231 g/mol. The van der Waals surface area contributed by atoms with Gasteiger partial charge in [-0.3, -0.25) is 0 Å². The Bertz CT molecular complexity index is 296. The van der Waals surface area contributed by atoms with Crippen LogP contribution in [0.1, 0.15) is 25.8 Å². The van der Waals surface area contributed by atoms with Crippen LogP contribution in [0.15, 0.2) is 0 Å². The normalized spacial score (nSPS) is 11.7. The molecule has 0 amide bonds. The maximum absolute atomic E-state index is 5.49. The first-order chi connectivity index (χ1) is 7.01. The Kier molecular flexibility index (Phi) is 4.44. The highest BCUT2D eigenvalue weighted by Crippen LogP contribution is 2.17. The highest BCUT2D eigenvalue weighted by Gasteiger charge is 2.10. The van der Waals surface area contributed by atoms with Gasteiger partial charge in [0.2, 0.25) is 0 Å². The van der Waals surface area contributed by atoms with E-state index in [9.17, 15) is 0 Å². The molecule has 0 saturated heterocycles. The van der Waals surface area contributed by atoms with Gasteiger partial charge >= 0.3 is 0 Å². The van der Waals surface area contributed by atoms with Crippen molar-refractivity contribution in [3.8, 4) is 5.19 Å². The summed E-state index contributed by atoms with van der Waals surface area (Å²) in [6, 6.07) is 0. The predicted octanol–water partition coefficient (Wildman–Crippen LogP) is 1.19. The Labute approximate surface area is 93.6 Å². The molecule has 0 radical (unpaired) electrons. The van der Waals surface area contributed by atoms with Gasteiger partial charge in [0.1, 0.15) is 11.6 Å². The second-order valence-corrected chi connectivity index (χ2v) is 5.00. The molecular formula is C9H17N3O2S. The van der Waals surface area contributed by atoms with Gasteiger partial charge in [-0.05, 0) is 20.8 Å². The van der Waals surface area contributed by atoms with Crippen molar-refractivity contribution in [3.05, 3.63) is 5.01 Å². The standard InChI is InChI=1S/C9H17N3O2S/c1-9(2,3)14-5-4-13-8-12-11-7(6-10)15-8/h4-6,10H2,1-3H3. The van der Waals surface area contributed by atoms with Crippen LogP contribution >= 0.6 is 11.3 Å². The van der Waals surface area contributed by atoms with Gasteiger partial charge in [-0.25, -0.2) is 0 Å². The number of hydrogen-bond donors (Lipinski definition) is 1. The quantitative estimate of drug-likeness (QED) is 0.771. The Morgan fingerprint density at radius 3 is 2.53 bits per heavy atom. The molecule has 86 valence electrons. The summed E-state index contributed by atoms with van der Waals surface area (Å²) in [4.78, 5) is 0. The van der Waals surface area contributed by atoms with E-state index in [2.05, 4.69) is 10.2 Å². The minimum Gasteiger partial charge on any atom is -0.466 e. The lowest BCUT2D eigenvalue weighted by Gasteiger charge is -2.18. The minimum absolute atomic E-state index is 0.132. The van der Waals surface area contributed by atoms with E-state index in [4.69, 9.17) is 15.2 Å². The summed E-state index contributed by atoms with van der Waals surface area (Å²) in [6.45, 7) is 7.44. The molecule has 15 heavy (non-hydrogen) atoms. The fourth-order valence-corrected chi connectivity index (χ4v) is 1.45. The summed E-state index contributed by atoms with van der Waals surface area (Å²) in [5.41, 5.74) is 5.27. The van der Waals surface area contributed by atoms with Gasteiger partial charge in [0.05, 0.1) is 12.2 Å². The molecule has 0 saturated carbocycles. The van der Waals surface area contributed by atoms with Crippen LogP contribution in [0, 0.1) is 0 Å². The number of hydrogen-bond acceptors (Lipinski definition) is 6. The van der Waals surface area contributed by atoms with E-state index in [0.717, 1.165) is 5.01 Å². The average molecular weight is 231 g/mol. The van der Waals surface area contributed by atoms with Gasteiger partial charge in [-0.1, -0.05) is 11.3 Å². The number of aromatic nitrogens is 2. The molecule has 0 bridgehead atoms. The molecule has 0 aliphatic rings. The van der Waals surface area contributed by atoms with E-state index >= 15 is 0 Å². The van der Waals surface area contributed by atoms with Crippen molar-refractivity contribution in [2.45, 2.75) is 32.9 Å². The predicted molar refractivity (Wildman–Crippen MR) is 59.0 cm³/mol. The molecule has 1 rings (SSSR count). The Morgan fingerprint density at radius 1 is 1.27 bits per heavy atom. The number of nitrogens with zero attached hydrogens (tertiary/aromatic N) is 2. The zero-order chi connectivity index (χ0) is 11.3. The Morgan fingerprint density at radius 2 is 2.00 bits per heavy atom. The van der Waals surface area contributed by atoms with Crippen LogP contribution in [-0.2, 0) is 11.3 Å². The number of rotatable bonds is 5.